The fourth-order valence-corrected chi connectivity index (χ4v) is 1.52. The largest absolute Gasteiger partial charge is 0.370 e. The predicted octanol–water partition coefficient (Wildman–Crippen LogP) is 2.12. The number of anilines is 3. The average molecular weight is 261 g/mol. The molecule has 0 aliphatic rings. The molecular formula is C13H16FN5. The topological polar surface area (TPSA) is 75.9 Å². The quantitative estimate of drug-likeness (QED) is 0.694. The van der Waals surface area contributed by atoms with Gasteiger partial charge in [0.25, 0.3) is 0 Å². The minimum atomic E-state index is -0.266. The average Bonchev–Trinajstić information content (AvgIpc) is 2.42. The van der Waals surface area contributed by atoms with Crippen molar-refractivity contribution in [3.05, 3.63) is 42.5 Å². The van der Waals surface area contributed by atoms with Gasteiger partial charge in [0.15, 0.2) is 0 Å². The molecule has 0 fully saturated rings. The number of hydrogen-bond donors (Lipinski definition) is 3. The molecule has 0 atom stereocenters. The zero-order valence-corrected chi connectivity index (χ0v) is 10.4. The number of halogens is 1. The van der Waals surface area contributed by atoms with Crippen LogP contribution in [0.2, 0.25) is 0 Å². The van der Waals surface area contributed by atoms with Gasteiger partial charge in [-0.3, -0.25) is 0 Å². The number of nitrogens with two attached hydrogens (primary N) is 1. The molecule has 0 radical (unpaired) electrons. The number of benzene rings is 1. The molecule has 100 valence electrons. The summed E-state index contributed by atoms with van der Waals surface area (Å²) in [6.07, 6.45) is 2.35. The minimum absolute atomic E-state index is 0.266. The highest BCUT2D eigenvalue weighted by molar-refractivity contribution is 5.58. The summed E-state index contributed by atoms with van der Waals surface area (Å²) in [7, 11) is 0. The maximum atomic E-state index is 12.8. The molecule has 5 nitrogen and oxygen atoms in total. The zero-order valence-electron chi connectivity index (χ0n) is 10.4. The van der Waals surface area contributed by atoms with Gasteiger partial charge in [-0.2, -0.15) is 0 Å². The normalized spacial score (nSPS) is 10.2. The van der Waals surface area contributed by atoms with Crippen molar-refractivity contribution in [1.82, 2.24) is 9.97 Å². The van der Waals surface area contributed by atoms with E-state index in [0.717, 1.165) is 24.5 Å². The molecule has 1 aromatic carbocycles. The van der Waals surface area contributed by atoms with Crippen LogP contribution in [-0.4, -0.2) is 23.1 Å². The van der Waals surface area contributed by atoms with E-state index < -0.39 is 0 Å². The molecule has 0 bridgehead atoms. The second-order valence-corrected chi connectivity index (χ2v) is 3.99. The van der Waals surface area contributed by atoms with Crippen molar-refractivity contribution in [1.29, 1.82) is 0 Å². The van der Waals surface area contributed by atoms with Crippen LogP contribution in [0.5, 0.6) is 0 Å². The number of nitrogens with one attached hydrogen (secondary N) is 2. The summed E-state index contributed by atoms with van der Waals surface area (Å²) in [6, 6.07) is 7.88. The molecule has 1 aromatic heterocycles. The van der Waals surface area contributed by atoms with Gasteiger partial charge in [-0.25, -0.2) is 14.4 Å². The first kappa shape index (κ1) is 13.2. The van der Waals surface area contributed by atoms with Crippen LogP contribution in [0.1, 0.15) is 6.42 Å². The van der Waals surface area contributed by atoms with Crippen LogP contribution in [0.15, 0.2) is 36.7 Å². The molecule has 0 aliphatic heterocycles. The molecule has 0 saturated heterocycles. The lowest BCUT2D eigenvalue weighted by atomic mass is 10.3. The third-order valence-electron chi connectivity index (χ3n) is 2.47. The van der Waals surface area contributed by atoms with Crippen LogP contribution in [-0.2, 0) is 0 Å². The standard InChI is InChI=1S/C13H16FN5/c14-10-2-4-11(5-3-10)19-13-8-12(17-9-18-13)16-7-1-6-15/h2-5,8-9H,1,6-7,15H2,(H2,16,17,18,19). The summed E-state index contributed by atoms with van der Waals surface area (Å²) in [5.41, 5.74) is 6.19. The molecule has 2 aromatic rings. The fraction of sp³-hybridized carbons (Fsp3) is 0.231. The van der Waals surface area contributed by atoms with Crippen molar-refractivity contribution >= 4 is 17.3 Å². The smallest absolute Gasteiger partial charge is 0.135 e. The molecular weight excluding hydrogens is 245 g/mol. The minimum Gasteiger partial charge on any atom is -0.370 e. The monoisotopic (exact) mass is 261 g/mol. The van der Waals surface area contributed by atoms with Crippen molar-refractivity contribution in [2.45, 2.75) is 6.42 Å². The molecule has 4 N–H and O–H groups in total. The van der Waals surface area contributed by atoms with Gasteiger partial charge in [-0.1, -0.05) is 0 Å². The first-order valence-electron chi connectivity index (χ1n) is 6.06. The van der Waals surface area contributed by atoms with Gasteiger partial charge >= 0.3 is 0 Å². The van der Waals surface area contributed by atoms with Gasteiger partial charge in [0, 0.05) is 18.3 Å². The molecule has 1 heterocycles. The molecule has 0 amide bonds. The van der Waals surface area contributed by atoms with Crippen molar-refractivity contribution in [3.8, 4) is 0 Å². The van der Waals surface area contributed by atoms with E-state index in [1.54, 1.807) is 18.2 Å². The Morgan fingerprint density at radius 3 is 2.58 bits per heavy atom. The Morgan fingerprint density at radius 1 is 1.11 bits per heavy atom. The number of rotatable bonds is 6. The highest BCUT2D eigenvalue weighted by atomic mass is 19.1. The van der Waals surface area contributed by atoms with Gasteiger partial charge in [-0.05, 0) is 37.2 Å². The van der Waals surface area contributed by atoms with Crippen molar-refractivity contribution in [3.63, 3.8) is 0 Å². The van der Waals surface area contributed by atoms with E-state index in [2.05, 4.69) is 20.6 Å². The Morgan fingerprint density at radius 2 is 1.84 bits per heavy atom. The molecule has 19 heavy (non-hydrogen) atoms. The fourth-order valence-electron chi connectivity index (χ4n) is 1.52. The Hall–Kier alpha value is -2.21. The summed E-state index contributed by atoms with van der Waals surface area (Å²) in [5, 5.41) is 6.23. The van der Waals surface area contributed by atoms with Crippen LogP contribution >= 0.6 is 0 Å². The SMILES string of the molecule is NCCCNc1cc(Nc2ccc(F)cc2)ncn1. The molecule has 0 unspecified atom stereocenters. The number of aromatic nitrogens is 2. The summed E-state index contributed by atoms with van der Waals surface area (Å²) < 4.78 is 12.8. The predicted molar refractivity (Wildman–Crippen MR) is 73.9 cm³/mol. The maximum Gasteiger partial charge on any atom is 0.135 e. The maximum absolute atomic E-state index is 12.8. The lowest BCUT2D eigenvalue weighted by molar-refractivity contribution is 0.628. The Bertz CT molecular complexity index is 515. The lowest BCUT2D eigenvalue weighted by Gasteiger charge is -2.08. The third kappa shape index (κ3) is 4.18. The molecule has 0 spiro atoms. The summed E-state index contributed by atoms with van der Waals surface area (Å²) in [6.45, 7) is 1.41. The second kappa shape index (κ2) is 6.65. The molecule has 0 saturated carbocycles. The Kier molecular flexibility index (Phi) is 4.63. The third-order valence-corrected chi connectivity index (χ3v) is 2.47. The first-order valence-corrected chi connectivity index (χ1v) is 6.06. The number of nitrogens with zero attached hydrogens (tertiary/aromatic N) is 2. The van der Waals surface area contributed by atoms with Crippen LogP contribution in [0, 0.1) is 5.82 Å². The first-order chi connectivity index (χ1) is 9.28. The van der Waals surface area contributed by atoms with Gasteiger partial charge in [0.1, 0.15) is 23.8 Å². The van der Waals surface area contributed by atoms with Crippen molar-refractivity contribution in [2.75, 3.05) is 23.7 Å². The zero-order chi connectivity index (χ0) is 13.5. The van der Waals surface area contributed by atoms with E-state index in [1.807, 2.05) is 0 Å². The van der Waals surface area contributed by atoms with E-state index in [-0.39, 0.29) is 5.82 Å². The second-order valence-electron chi connectivity index (χ2n) is 3.99. The van der Waals surface area contributed by atoms with Crippen LogP contribution < -0.4 is 16.4 Å². The van der Waals surface area contributed by atoms with E-state index in [1.165, 1.54) is 18.5 Å². The van der Waals surface area contributed by atoms with E-state index in [9.17, 15) is 4.39 Å². The van der Waals surface area contributed by atoms with E-state index in [4.69, 9.17) is 5.73 Å². The van der Waals surface area contributed by atoms with Gasteiger partial charge in [0.2, 0.25) is 0 Å². The van der Waals surface area contributed by atoms with Gasteiger partial charge < -0.3 is 16.4 Å². The summed E-state index contributed by atoms with van der Waals surface area (Å²) in [4.78, 5) is 8.21. The van der Waals surface area contributed by atoms with Crippen LogP contribution in [0.4, 0.5) is 21.7 Å². The van der Waals surface area contributed by atoms with E-state index >= 15 is 0 Å². The van der Waals surface area contributed by atoms with Gasteiger partial charge in [0.05, 0.1) is 0 Å². The summed E-state index contributed by atoms with van der Waals surface area (Å²) >= 11 is 0. The highest BCUT2D eigenvalue weighted by Crippen LogP contribution is 2.16. The van der Waals surface area contributed by atoms with Crippen molar-refractivity contribution in [2.24, 2.45) is 5.73 Å². The molecule has 6 heteroatoms. The Labute approximate surface area is 111 Å². The summed E-state index contributed by atoms with van der Waals surface area (Å²) in [5.74, 6) is 1.11. The highest BCUT2D eigenvalue weighted by Gasteiger charge is 1.99. The van der Waals surface area contributed by atoms with Gasteiger partial charge in [-0.15, -0.1) is 0 Å². The van der Waals surface area contributed by atoms with Crippen molar-refractivity contribution < 1.29 is 4.39 Å². The molecule has 0 aliphatic carbocycles. The van der Waals surface area contributed by atoms with E-state index in [0.29, 0.717) is 12.4 Å². The van der Waals surface area contributed by atoms with Crippen LogP contribution in [0.25, 0.3) is 0 Å². The molecule has 2 rings (SSSR count). The number of hydrogen-bond acceptors (Lipinski definition) is 5. The lowest BCUT2D eigenvalue weighted by Crippen LogP contribution is -2.09. The Balaban J connectivity index is 2.00. The van der Waals surface area contributed by atoms with Crippen LogP contribution in [0.3, 0.4) is 0 Å².